The summed E-state index contributed by atoms with van der Waals surface area (Å²) in [6.45, 7) is 3.63. The van der Waals surface area contributed by atoms with Crippen LogP contribution < -0.4 is 5.32 Å². The minimum absolute atomic E-state index is 0.177. The molecule has 1 saturated heterocycles. The van der Waals surface area contributed by atoms with Crippen LogP contribution in [0.4, 0.5) is 0 Å². The Morgan fingerprint density at radius 3 is 1.30 bits per heavy atom. The average Bonchev–Trinajstić information content (AvgIpc) is 3.37. The van der Waals surface area contributed by atoms with Crippen molar-refractivity contribution in [3.63, 3.8) is 0 Å². The molecule has 0 aliphatic carbocycles. The van der Waals surface area contributed by atoms with E-state index in [2.05, 4.69) is 79.9 Å². The first-order valence-corrected chi connectivity index (χ1v) is 29.7. The first-order chi connectivity index (χ1) is 34.8. The number of carbonyl (C=O) groups excluding carboxylic acids is 1. The van der Waals surface area contributed by atoms with Gasteiger partial charge in [-0.15, -0.1) is 0 Å². The zero-order valence-electron chi connectivity index (χ0n) is 45.7. The van der Waals surface area contributed by atoms with Gasteiger partial charge in [0.05, 0.1) is 25.4 Å². The van der Waals surface area contributed by atoms with E-state index >= 15 is 0 Å². The van der Waals surface area contributed by atoms with Crippen LogP contribution in [0.2, 0.25) is 0 Å². The summed E-state index contributed by atoms with van der Waals surface area (Å²) in [5.74, 6) is -0.177. The summed E-state index contributed by atoms with van der Waals surface area (Å²) in [7, 11) is 0. The molecule has 1 fully saturated rings. The molecule has 0 radical (unpaired) electrons. The van der Waals surface area contributed by atoms with E-state index in [1.165, 1.54) is 167 Å². The van der Waals surface area contributed by atoms with E-state index in [9.17, 15) is 30.3 Å². The lowest BCUT2D eigenvalue weighted by Crippen LogP contribution is -2.60. The molecule has 1 aliphatic rings. The fourth-order valence-electron chi connectivity index (χ4n) is 9.13. The number of hydrogen-bond acceptors (Lipinski definition) is 8. The second-order valence-corrected chi connectivity index (χ2v) is 20.4. The van der Waals surface area contributed by atoms with Gasteiger partial charge < -0.3 is 40.3 Å². The van der Waals surface area contributed by atoms with Crippen molar-refractivity contribution in [2.75, 3.05) is 13.2 Å². The van der Waals surface area contributed by atoms with Crippen molar-refractivity contribution in [2.24, 2.45) is 0 Å². The Bertz CT molecular complexity index is 1340. The minimum atomic E-state index is -1.57. The Balaban J connectivity index is 2.01. The van der Waals surface area contributed by atoms with E-state index in [-0.39, 0.29) is 12.5 Å². The Morgan fingerprint density at radius 1 is 0.493 bits per heavy atom. The van der Waals surface area contributed by atoms with Gasteiger partial charge in [-0.25, -0.2) is 0 Å². The lowest BCUT2D eigenvalue weighted by Gasteiger charge is -2.40. The van der Waals surface area contributed by atoms with E-state index in [0.29, 0.717) is 6.42 Å². The highest BCUT2D eigenvalue weighted by Crippen LogP contribution is 2.23. The number of unbranched alkanes of at least 4 members (excludes halogenated alkanes) is 30. The molecule has 1 amide bonds. The minimum Gasteiger partial charge on any atom is -0.394 e. The van der Waals surface area contributed by atoms with Crippen molar-refractivity contribution in [2.45, 2.75) is 301 Å². The predicted octanol–water partition coefficient (Wildman–Crippen LogP) is 14.8. The first kappa shape index (κ1) is 66.6. The molecular formula is C62H111NO8. The molecule has 9 heteroatoms. The molecule has 0 aromatic rings. The molecule has 1 aliphatic heterocycles. The van der Waals surface area contributed by atoms with Crippen LogP contribution in [0.1, 0.15) is 258 Å². The normalized spacial score (nSPS) is 19.8. The molecule has 412 valence electrons. The van der Waals surface area contributed by atoms with Gasteiger partial charge >= 0.3 is 0 Å². The number of aliphatic hydroxyl groups is 5. The number of allylic oxidation sites excluding steroid dienone is 11. The Hall–Kier alpha value is -2.37. The van der Waals surface area contributed by atoms with Crippen molar-refractivity contribution in [1.82, 2.24) is 5.32 Å². The number of rotatable bonds is 50. The highest BCUT2D eigenvalue weighted by atomic mass is 16.7. The van der Waals surface area contributed by atoms with Gasteiger partial charge in [0.2, 0.25) is 5.91 Å². The van der Waals surface area contributed by atoms with Gasteiger partial charge in [-0.05, 0) is 64.2 Å². The van der Waals surface area contributed by atoms with Crippen molar-refractivity contribution < 1.29 is 39.8 Å². The number of aliphatic hydroxyl groups excluding tert-OH is 5. The van der Waals surface area contributed by atoms with E-state index in [1.807, 2.05) is 6.08 Å². The standard InChI is InChI=1S/C62H111NO8/c1-3-5-7-9-11-13-14-15-16-17-18-19-20-21-22-23-24-25-26-27-28-29-30-31-32-33-34-35-36-37-38-39-40-41-42-44-46-48-50-52-58(66)63-55(56(65)51-49-47-45-43-12-10-8-6-4-2)54-70-62-61(69)60(68)59(67)57(53-64)71-62/h5,7,11,13,15-16,18-19,21-22,49,51,55-57,59-62,64-65,67-69H,3-4,6,8-10,12,14,17,20,23-48,50,52-54H2,1-2H3,(H,63,66)/b7-5-,13-11-,16-15-,19-18-,22-21-,51-49+. The van der Waals surface area contributed by atoms with E-state index in [0.717, 1.165) is 70.6 Å². The molecular weight excluding hydrogens is 887 g/mol. The van der Waals surface area contributed by atoms with Gasteiger partial charge in [0, 0.05) is 6.42 Å². The van der Waals surface area contributed by atoms with E-state index < -0.39 is 49.5 Å². The quantitative estimate of drug-likeness (QED) is 0.0261. The average molecular weight is 999 g/mol. The predicted molar refractivity (Wildman–Crippen MR) is 299 cm³/mol. The second kappa shape index (κ2) is 51.1. The van der Waals surface area contributed by atoms with Crippen molar-refractivity contribution in [1.29, 1.82) is 0 Å². The van der Waals surface area contributed by atoms with Crippen LogP contribution in [-0.4, -0.2) is 87.5 Å². The summed E-state index contributed by atoms with van der Waals surface area (Å²) >= 11 is 0. The number of nitrogens with one attached hydrogen (secondary N) is 1. The smallest absolute Gasteiger partial charge is 0.220 e. The largest absolute Gasteiger partial charge is 0.394 e. The monoisotopic (exact) mass is 998 g/mol. The molecule has 1 heterocycles. The number of ether oxygens (including phenoxy) is 2. The third-order valence-corrected chi connectivity index (χ3v) is 13.8. The molecule has 6 N–H and O–H groups in total. The molecule has 0 spiro atoms. The topological polar surface area (TPSA) is 149 Å². The lowest BCUT2D eigenvalue weighted by molar-refractivity contribution is -0.302. The van der Waals surface area contributed by atoms with Crippen LogP contribution in [0.15, 0.2) is 72.9 Å². The summed E-state index contributed by atoms with van der Waals surface area (Å²) in [6, 6.07) is -0.802. The van der Waals surface area contributed by atoms with Crippen LogP contribution in [-0.2, 0) is 14.3 Å². The Kier molecular flexibility index (Phi) is 48.0. The Morgan fingerprint density at radius 2 is 0.873 bits per heavy atom. The van der Waals surface area contributed by atoms with Crippen molar-refractivity contribution >= 4 is 5.91 Å². The van der Waals surface area contributed by atoms with Gasteiger partial charge in [0.25, 0.3) is 0 Å². The summed E-state index contributed by atoms with van der Waals surface area (Å²) in [6.07, 6.45) is 64.4. The maximum atomic E-state index is 13.0. The second-order valence-electron chi connectivity index (χ2n) is 20.4. The van der Waals surface area contributed by atoms with Crippen LogP contribution in [0, 0.1) is 0 Å². The van der Waals surface area contributed by atoms with E-state index in [4.69, 9.17) is 9.47 Å². The van der Waals surface area contributed by atoms with Gasteiger partial charge in [-0.3, -0.25) is 4.79 Å². The summed E-state index contributed by atoms with van der Waals surface area (Å²) in [5.41, 5.74) is 0. The first-order valence-electron chi connectivity index (χ1n) is 29.7. The molecule has 0 aromatic heterocycles. The fraction of sp³-hybridized carbons (Fsp3) is 0.790. The third kappa shape index (κ3) is 40.7. The maximum Gasteiger partial charge on any atom is 0.220 e. The van der Waals surface area contributed by atoms with Gasteiger partial charge in [-0.2, -0.15) is 0 Å². The molecule has 0 aromatic carbocycles. The highest BCUT2D eigenvalue weighted by molar-refractivity contribution is 5.76. The molecule has 7 unspecified atom stereocenters. The molecule has 7 atom stereocenters. The summed E-state index contributed by atoms with van der Waals surface area (Å²) < 4.78 is 11.2. The number of carbonyl (C=O) groups is 1. The highest BCUT2D eigenvalue weighted by Gasteiger charge is 2.44. The van der Waals surface area contributed by atoms with Crippen LogP contribution in [0.5, 0.6) is 0 Å². The molecule has 1 rings (SSSR count). The third-order valence-electron chi connectivity index (χ3n) is 13.8. The SMILES string of the molecule is CC/C=C\C/C=C\C/C=C\C/C=C\C/C=C\CCCCCCCCCCCCCCCCCCCCCCCCCC(=O)NC(COC1OC(CO)C(O)C(O)C1O)C(O)/C=C/CCCCCCCCC. The molecule has 0 bridgehead atoms. The van der Waals surface area contributed by atoms with Gasteiger partial charge in [0.15, 0.2) is 6.29 Å². The summed E-state index contributed by atoms with van der Waals surface area (Å²) in [4.78, 5) is 13.0. The van der Waals surface area contributed by atoms with Gasteiger partial charge in [0.1, 0.15) is 24.4 Å². The fourth-order valence-corrected chi connectivity index (χ4v) is 9.13. The van der Waals surface area contributed by atoms with Crippen LogP contribution in [0.25, 0.3) is 0 Å². The Labute approximate surface area is 436 Å². The maximum absolute atomic E-state index is 13.0. The number of hydrogen-bond donors (Lipinski definition) is 6. The van der Waals surface area contributed by atoms with Gasteiger partial charge in [-0.1, -0.05) is 260 Å². The van der Waals surface area contributed by atoms with Crippen molar-refractivity contribution in [3.05, 3.63) is 72.9 Å². The zero-order valence-corrected chi connectivity index (χ0v) is 45.7. The summed E-state index contributed by atoms with van der Waals surface area (Å²) in [5, 5.41) is 54.2. The van der Waals surface area contributed by atoms with Crippen LogP contribution >= 0.6 is 0 Å². The molecule has 71 heavy (non-hydrogen) atoms. The van der Waals surface area contributed by atoms with E-state index in [1.54, 1.807) is 6.08 Å². The zero-order chi connectivity index (χ0) is 51.5. The molecule has 9 nitrogen and oxygen atoms in total. The lowest BCUT2D eigenvalue weighted by atomic mass is 9.99. The molecule has 0 saturated carbocycles. The number of amides is 1. The van der Waals surface area contributed by atoms with Crippen molar-refractivity contribution in [3.8, 4) is 0 Å². The van der Waals surface area contributed by atoms with Crippen LogP contribution in [0.3, 0.4) is 0 Å².